The van der Waals surface area contributed by atoms with Crippen molar-refractivity contribution in [2.75, 3.05) is 7.11 Å². The zero-order valence-corrected chi connectivity index (χ0v) is 10.3. The molecule has 0 unspecified atom stereocenters. The van der Waals surface area contributed by atoms with E-state index >= 15 is 0 Å². The Balaban J connectivity index is 2.27. The lowest BCUT2D eigenvalue weighted by Crippen LogP contribution is -2.04. The van der Waals surface area contributed by atoms with Crippen LogP contribution in [-0.2, 0) is 11.3 Å². The summed E-state index contributed by atoms with van der Waals surface area (Å²) in [5, 5.41) is 12.7. The summed E-state index contributed by atoms with van der Waals surface area (Å²) in [7, 11) is 1.51. The number of rotatable bonds is 5. The number of carboxylic acid groups (broad SMARTS) is 1. The van der Waals surface area contributed by atoms with Crippen LogP contribution in [0.5, 0.6) is 5.75 Å². The number of aromatic nitrogens is 2. The summed E-state index contributed by atoms with van der Waals surface area (Å²) in [5.74, 6) is -0.714. The number of hydrogen-bond acceptors (Lipinski definition) is 3. The Morgan fingerprint density at radius 2 is 2.32 bits per heavy atom. The molecule has 0 aliphatic heterocycles. The summed E-state index contributed by atoms with van der Waals surface area (Å²) >= 11 is 0. The predicted molar refractivity (Wildman–Crippen MR) is 66.4 cm³/mol. The number of benzene rings is 1. The van der Waals surface area contributed by atoms with Gasteiger partial charge in [0.15, 0.2) is 0 Å². The van der Waals surface area contributed by atoms with Crippen molar-refractivity contribution in [3.05, 3.63) is 36.4 Å². The molecule has 0 saturated carbocycles. The molecule has 0 fully saturated rings. The van der Waals surface area contributed by atoms with Gasteiger partial charge in [-0.05, 0) is 18.2 Å². The molecule has 0 amide bonds. The molecule has 0 spiro atoms. The second-order valence-corrected chi connectivity index (χ2v) is 3.98. The van der Waals surface area contributed by atoms with Crippen molar-refractivity contribution < 1.29 is 19.0 Å². The van der Waals surface area contributed by atoms with Gasteiger partial charge in [0.05, 0.1) is 26.3 Å². The summed E-state index contributed by atoms with van der Waals surface area (Å²) in [6.45, 7) is 0.271. The first kappa shape index (κ1) is 13.1. The van der Waals surface area contributed by atoms with E-state index in [0.717, 1.165) is 0 Å². The zero-order valence-electron chi connectivity index (χ0n) is 10.3. The third kappa shape index (κ3) is 3.09. The number of hydrogen-bond donors (Lipinski definition) is 1. The molecule has 0 aliphatic carbocycles. The van der Waals surface area contributed by atoms with Gasteiger partial charge < -0.3 is 9.84 Å². The molecule has 0 aliphatic rings. The topological polar surface area (TPSA) is 64.4 Å². The van der Waals surface area contributed by atoms with Gasteiger partial charge in [0, 0.05) is 17.3 Å². The van der Waals surface area contributed by atoms with Gasteiger partial charge in [-0.1, -0.05) is 0 Å². The fraction of sp³-hybridized carbons (Fsp3) is 0.231. The highest BCUT2D eigenvalue weighted by molar-refractivity contribution is 5.69. The van der Waals surface area contributed by atoms with Crippen LogP contribution < -0.4 is 4.74 Å². The number of halogens is 1. The molecule has 1 N–H and O–H groups in total. The first-order valence-electron chi connectivity index (χ1n) is 5.68. The lowest BCUT2D eigenvalue weighted by Gasteiger charge is -2.06. The Morgan fingerprint density at radius 1 is 1.53 bits per heavy atom. The summed E-state index contributed by atoms with van der Waals surface area (Å²) < 4.78 is 19.9. The Morgan fingerprint density at radius 3 is 3.00 bits per heavy atom. The van der Waals surface area contributed by atoms with E-state index in [2.05, 4.69) is 5.10 Å². The van der Waals surface area contributed by atoms with Crippen LogP contribution in [0.3, 0.4) is 0 Å². The fourth-order valence-corrected chi connectivity index (χ4v) is 1.74. The average molecular weight is 264 g/mol. The third-order valence-corrected chi connectivity index (χ3v) is 2.66. The Hall–Kier alpha value is -2.37. The van der Waals surface area contributed by atoms with E-state index in [-0.39, 0.29) is 18.8 Å². The van der Waals surface area contributed by atoms with E-state index in [4.69, 9.17) is 9.84 Å². The molecule has 19 heavy (non-hydrogen) atoms. The van der Waals surface area contributed by atoms with Crippen LogP contribution in [0.4, 0.5) is 4.39 Å². The summed E-state index contributed by atoms with van der Waals surface area (Å²) in [6.07, 6.45) is 3.21. The Bertz CT molecular complexity index is 595. The van der Waals surface area contributed by atoms with Crippen LogP contribution in [0, 0.1) is 5.82 Å². The number of ether oxygens (including phenoxy) is 1. The zero-order chi connectivity index (χ0) is 13.8. The van der Waals surface area contributed by atoms with Crippen molar-refractivity contribution in [1.29, 1.82) is 0 Å². The number of carboxylic acids is 1. The van der Waals surface area contributed by atoms with Crippen LogP contribution >= 0.6 is 0 Å². The maximum Gasteiger partial charge on any atom is 0.305 e. The maximum absolute atomic E-state index is 13.3. The van der Waals surface area contributed by atoms with Gasteiger partial charge >= 0.3 is 5.97 Å². The SMILES string of the molecule is COc1ccc(F)cc1-c1cnn(CCC(=O)O)c1. The molecule has 1 aromatic heterocycles. The summed E-state index contributed by atoms with van der Waals surface area (Å²) in [4.78, 5) is 10.5. The van der Waals surface area contributed by atoms with E-state index < -0.39 is 5.97 Å². The highest BCUT2D eigenvalue weighted by Crippen LogP contribution is 2.30. The Labute approximate surface area is 109 Å². The van der Waals surface area contributed by atoms with Crippen LogP contribution in [0.2, 0.25) is 0 Å². The van der Waals surface area contributed by atoms with Gasteiger partial charge in [0.1, 0.15) is 11.6 Å². The van der Waals surface area contributed by atoms with Crippen molar-refractivity contribution >= 4 is 5.97 Å². The molecule has 1 aromatic carbocycles. The molecule has 2 aromatic rings. The molecule has 1 heterocycles. The van der Waals surface area contributed by atoms with E-state index in [0.29, 0.717) is 16.9 Å². The smallest absolute Gasteiger partial charge is 0.305 e. The second kappa shape index (κ2) is 5.51. The standard InChI is InChI=1S/C13H13FN2O3/c1-19-12-3-2-10(14)6-11(12)9-7-15-16(8-9)5-4-13(17)18/h2-3,6-8H,4-5H2,1H3,(H,17,18). The van der Waals surface area contributed by atoms with Crippen molar-refractivity contribution in [3.8, 4) is 16.9 Å². The third-order valence-electron chi connectivity index (χ3n) is 2.66. The monoisotopic (exact) mass is 264 g/mol. The quantitative estimate of drug-likeness (QED) is 0.898. The molecule has 5 nitrogen and oxygen atoms in total. The highest BCUT2D eigenvalue weighted by atomic mass is 19.1. The van der Waals surface area contributed by atoms with Gasteiger partial charge in [-0.15, -0.1) is 0 Å². The summed E-state index contributed by atoms with van der Waals surface area (Å²) in [5.41, 5.74) is 1.27. The lowest BCUT2D eigenvalue weighted by molar-refractivity contribution is -0.137. The van der Waals surface area contributed by atoms with E-state index in [1.807, 2.05) is 0 Å². The van der Waals surface area contributed by atoms with Crippen molar-refractivity contribution in [3.63, 3.8) is 0 Å². The minimum atomic E-state index is -0.889. The fourth-order valence-electron chi connectivity index (χ4n) is 1.74. The van der Waals surface area contributed by atoms with Gasteiger partial charge in [-0.3, -0.25) is 9.48 Å². The van der Waals surface area contributed by atoms with Crippen LogP contribution in [0.15, 0.2) is 30.6 Å². The molecule has 2 rings (SSSR count). The van der Waals surface area contributed by atoms with Crippen LogP contribution in [-0.4, -0.2) is 28.0 Å². The maximum atomic E-state index is 13.3. The first-order chi connectivity index (χ1) is 9.10. The molecule has 0 atom stereocenters. The molecule has 100 valence electrons. The number of nitrogens with zero attached hydrogens (tertiary/aromatic N) is 2. The second-order valence-electron chi connectivity index (χ2n) is 3.98. The van der Waals surface area contributed by atoms with Crippen molar-refractivity contribution in [2.45, 2.75) is 13.0 Å². The predicted octanol–water partition coefficient (Wildman–Crippen LogP) is 2.17. The molecule has 0 radical (unpaired) electrons. The van der Waals surface area contributed by atoms with E-state index in [1.54, 1.807) is 18.5 Å². The van der Waals surface area contributed by atoms with E-state index in [1.165, 1.54) is 23.9 Å². The molecular weight excluding hydrogens is 251 g/mol. The van der Waals surface area contributed by atoms with Gasteiger partial charge in [0.2, 0.25) is 0 Å². The minimum absolute atomic E-state index is 0.0125. The van der Waals surface area contributed by atoms with Gasteiger partial charge in [0.25, 0.3) is 0 Å². The van der Waals surface area contributed by atoms with Gasteiger partial charge in [-0.25, -0.2) is 4.39 Å². The van der Waals surface area contributed by atoms with Crippen molar-refractivity contribution in [2.24, 2.45) is 0 Å². The molecular formula is C13H13FN2O3. The molecule has 0 saturated heterocycles. The largest absolute Gasteiger partial charge is 0.496 e. The lowest BCUT2D eigenvalue weighted by atomic mass is 10.1. The van der Waals surface area contributed by atoms with Gasteiger partial charge in [-0.2, -0.15) is 5.10 Å². The summed E-state index contributed by atoms with van der Waals surface area (Å²) in [6, 6.07) is 4.22. The highest BCUT2D eigenvalue weighted by Gasteiger charge is 2.10. The number of aryl methyl sites for hydroxylation is 1. The minimum Gasteiger partial charge on any atom is -0.496 e. The van der Waals surface area contributed by atoms with E-state index in [9.17, 15) is 9.18 Å². The first-order valence-corrected chi connectivity index (χ1v) is 5.68. The van der Waals surface area contributed by atoms with Crippen LogP contribution in [0.25, 0.3) is 11.1 Å². The molecule has 0 bridgehead atoms. The normalized spacial score (nSPS) is 10.4. The molecule has 6 heteroatoms. The average Bonchev–Trinajstić information content (AvgIpc) is 2.85. The Kier molecular flexibility index (Phi) is 3.79. The van der Waals surface area contributed by atoms with Crippen molar-refractivity contribution in [1.82, 2.24) is 9.78 Å². The number of carbonyl (C=O) groups is 1. The van der Waals surface area contributed by atoms with Crippen LogP contribution in [0.1, 0.15) is 6.42 Å². The number of aliphatic carboxylic acids is 1. The number of methoxy groups -OCH3 is 1.